The normalized spacial score (nSPS) is 14.3. The van der Waals surface area contributed by atoms with Gasteiger partial charge in [0.25, 0.3) is 0 Å². The van der Waals surface area contributed by atoms with Crippen molar-refractivity contribution in [2.75, 3.05) is 6.61 Å². The lowest BCUT2D eigenvalue weighted by atomic mass is 10.0. The van der Waals surface area contributed by atoms with Gasteiger partial charge in [0, 0.05) is 0 Å². The molecular formula is C34H68NO7P. The van der Waals surface area contributed by atoms with Crippen LogP contribution in [0.4, 0.5) is 0 Å². The maximum absolute atomic E-state index is 12.6. The summed E-state index contributed by atoms with van der Waals surface area (Å²) in [6.45, 7) is 3.91. The SMILES string of the molecule is CCCCCCCCCCCCC/C=C/[C@@H](O)[C@H](COP(=O)(O)O)NC(=O)C(O)CCCCCCCCCCCCCC. The van der Waals surface area contributed by atoms with Crippen LogP contribution in [-0.4, -0.2) is 50.8 Å². The number of rotatable bonds is 32. The number of carbonyl (C=O) groups is 1. The predicted molar refractivity (Wildman–Crippen MR) is 178 cm³/mol. The molecule has 0 aromatic heterocycles. The molecule has 0 bridgehead atoms. The van der Waals surface area contributed by atoms with E-state index < -0.39 is 38.6 Å². The van der Waals surface area contributed by atoms with Crippen molar-refractivity contribution in [2.24, 2.45) is 0 Å². The van der Waals surface area contributed by atoms with E-state index in [1.807, 2.05) is 6.08 Å². The molecule has 0 spiro atoms. The molecular weight excluding hydrogens is 565 g/mol. The Hall–Kier alpha value is -0.760. The van der Waals surface area contributed by atoms with E-state index in [1.165, 1.54) is 115 Å². The summed E-state index contributed by atoms with van der Waals surface area (Å²) in [5.74, 6) is -0.666. The maximum Gasteiger partial charge on any atom is 0.469 e. The first-order valence-electron chi connectivity index (χ1n) is 17.7. The molecule has 8 nitrogen and oxygen atoms in total. The molecule has 3 atom stereocenters. The highest BCUT2D eigenvalue weighted by Crippen LogP contribution is 2.35. The van der Waals surface area contributed by atoms with Crippen molar-refractivity contribution in [3.05, 3.63) is 12.2 Å². The van der Waals surface area contributed by atoms with Crippen LogP contribution in [0.15, 0.2) is 12.2 Å². The second kappa shape index (κ2) is 29.9. The lowest BCUT2D eigenvalue weighted by Crippen LogP contribution is -2.49. The van der Waals surface area contributed by atoms with Gasteiger partial charge in [-0.15, -0.1) is 0 Å². The highest BCUT2D eigenvalue weighted by molar-refractivity contribution is 7.46. The third-order valence-electron chi connectivity index (χ3n) is 8.10. The monoisotopic (exact) mass is 633 g/mol. The summed E-state index contributed by atoms with van der Waals surface area (Å²) in [5.41, 5.74) is 0. The summed E-state index contributed by atoms with van der Waals surface area (Å²) in [6.07, 6.45) is 30.1. The van der Waals surface area contributed by atoms with E-state index in [2.05, 4.69) is 23.7 Å². The quantitative estimate of drug-likeness (QED) is 0.0284. The van der Waals surface area contributed by atoms with Gasteiger partial charge in [-0.1, -0.05) is 167 Å². The molecule has 0 radical (unpaired) electrons. The van der Waals surface area contributed by atoms with Crippen molar-refractivity contribution >= 4 is 13.7 Å². The van der Waals surface area contributed by atoms with Crippen molar-refractivity contribution in [2.45, 2.75) is 193 Å². The third kappa shape index (κ3) is 29.7. The van der Waals surface area contributed by atoms with Gasteiger partial charge >= 0.3 is 7.82 Å². The molecule has 1 unspecified atom stereocenters. The minimum atomic E-state index is -4.78. The topological polar surface area (TPSA) is 136 Å². The van der Waals surface area contributed by atoms with Crippen molar-refractivity contribution in [3.63, 3.8) is 0 Å². The Balaban J connectivity index is 4.22. The molecule has 0 heterocycles. The van der Waals surface area contributed by atoms with Gasteiger partial charge in [-0.05, 0) is 19.3 Å². The first-order chi connectivity index (χ1) is 20.7. The number of hydrogen-bond donors (Lipinski definition) is 5. The summed E-state index contributed by atoms with van der Waals surface area (Å²) in [6, 6.07) is -1.08. The van der Waals surface area contributed by atoms with Crippen LogP contribution in [0.25, 0.3) is 0 Å². The largest absolute Gasteiger partial charge is 0.469 e. The molecule has 0 saturated heterocycles. The van der Waals surface area contributed by atoms with Crippen LogP contribution in [0.2, 0.25) is 0 Å². The number of amides is 1. The molecule has 0 aromatic rings. The zero-order chi connectivity index (χ0) is 32.0. The molecule has 0 aromatic carbocycles. The molecule has 256 valence electrons. The number of carbonyl (C=O) groups excluding carboxylic acids is 1. The molecule has 43 heavy (non-hydrogen) atoms. The molecule has 0 rings (SSSR count). The van der Waals surface area contributed by atoms with Crippen LogP contribution in [0.3, 0.4) is 0 Å². The Morgan fingerprint density at radius 2 is 1.07 bits per heavy atom. The summed E-state index contributed by atoms with van der Waals surface area (Å²) >= 11 is 0. The van der Waals surface area contributed by atoms with E-state index >= 15 is 0 Å². The number of nitrogens with one attached hydrogen (secondary N) is 1. The van der Waals surface area contributed by atoms with Crippen LogP contribution in [0.5, 0.6) is 0 Å². The fourth-order valence-electron chi connectivity index (χ4n) is 5.29. The van der Waals surface area contributed by atoms with Crippen molar-refractivity contribution < 1.29 is 33.9 Å². The molecule has 0 aliphatic rings. The standard InChI is InChI=1S/C34H68NO7P/c1-3-5-7-9-11-13-15-17-19-20-22-24-26-28-32(36)31(30-42-43(39,40)41)35-34(38)33(37)29-27-25-23-21-18-16-14-12-10-8-6-4-2/h26,28,31-33,36-37H,3-25,27,29-30H2,1-2H3,(H,35,38)(H2,39,40,41)/b28-26+/t31-,32+,33?/m0/s1. The van der Waals surface area contributed by atoms with Crippen molar-refractivity contribution in [3.8, 4) is 0 Å². The van der Waals surface area contributed by atoms with Crippen molar-refractivity contribution in [1.82, 2.24) is 5.32 Å². The van der Waals surface area contributed by atoms with Crippen LogP contribution >= 0.6 is 7.82 Å². The molecule has 1 amide bonds. The van der Waals surface area contributed by atoms with Crippen LogP contribution in [-0.2, 0) is 13.9 Å². The number of hydrogen-bond acceptors (Lipinski definition) is 5. The number of aliphatic hydroxyl groups excluding tert-OH is 2. The van der Waals surface area contributed by atoms with Crippen LogP contribution in [0, 0.1) is 0 Å². The summed E-state index contributed by atoms with van der Waals surface area (Å²) in [7, 11) is -4.78. The first kappa shape index (κ1) is 42.2. The zero-order valence-electron chi connectivity index (χ0n) is 27.7. The van der Waals surface area contributed by atoms with E-state index in [-0.39, 0.29) is 0 Å². The molecule has 0 aliphatic heterocycles. The summed E-state index contributed by atoms with van der Waals surface area (Å²) in [5, 5.41) is 23.4. The molecule has 5 N–H and O–H groups in total. The minimum Gasteiger partial charge on any atom is -0.387 e. The van der Waals surface area contributed by atoms with Gasteiger partial charge in [0.1, 0.15) is 6.10 Å². The Kier molecular flexibility index (Phi) is 29.4. The Labute approximate surface area is 264 Å². The Bertz CT molecular complexity index is 700. The van der Waals surface area contributed by atoms with Gasteiger partial charge < -0.3 is 25.3 Å². The Morgan fingerprint density at radius 1 is 0.674 bits per heavy atom. The zero-order valence-corrected chi connectivity index (χ0v) is 28.6. The number of unbranched alkanes of at least 4 members (excludes halogenated alkanes) is 22. The van der Waals surface area contributed by atoms with Crippen LogP contribution < -0.4 is 5.32 Å². The number of phosphoric acid groups is 1. The van der Waals surface area contributed by atoms with E-state index in [0.717, 1.165) is 44.9 Å². The van der Waals surface area contributed by atoms with Gasteiger partial charge in [-0.2, -0.15) is 0 Å². The molecule has 0 aliphatic carbocycles. The van der Waals surface area contributed by atoms with Gasteiger partial charge in [0.2, 0.25) is 5.91 Å². The summed E-state index contributed by atoms with van der Waals surface area (Å²) in [4.78, 5) is 30.7. The molecule has 9 heteroatoms. The summed E-state index contributed by atoms with van der Waals surface area (Å²) < 4.78 is 15.8. The average molecular weight is 634 g/mol. The molecule has 0 fully saturated rings. The van der Waals surface area contributed by atoms with Gasteiger partial charge in [-0.25, -0.2) is 4.57 Å². The van der Waals surface area contributed by atoms with Gasteiger partial charge in [-0.3, -0.25) is 9.32 Å². The van der Waals surface area contributed by atoms with Crippen LogP contribution in [0.1, 0.15) is 174 Å². The van der Waals surface area contributed by atoms with E-state index in [9.17, 15) is 19.6 Å². The van der Waals surface area contributed by atoms with Gasteiger partial charge in [0.15, 0.2) is 0 Å². The lowest BCUT2D eigenvalue weighted by molar-refractivity contribution is -0.131. The van der Waals surface area contributed by atoms with Gasteiger partial charge in [0.05, 0.1) is 18.8 Å². The number of phosphoric ester groups is 1. The maximum atomic E-state index is 12.6. The van der Waals surface area contributed by atoms with E-state index in [0.29, 0.717) is 6.42 Å². The second-order valence-corrected chi connectivity index (χ2v) is 13.6. The predicted octanol–water partition coefficient (Wildman–Crippen LogP) is 8.65. The fraction of sp³-hybridized carbons (Fsp3) is 0.912. The Morgan fingerprint density at radius 3 is 1.49 bits per heavy atom. The number of aliphatic hydroxyl groups is 2. The average Bonchev–Trinajstić information content (AvgIpc) is 2.97. The highest BCUT2D eigenvalue weighted by Gasteiger charge is 2.26. The lowest BCUT2D eigenvalue weighted by Gasteiger charge is -2.23. The third-order valence-corrected chi connectivity index (χ3v) is 8.59. The van der Waals surface area contributed by atoms with E-state index in [1.54, 1.807) is 0 Å². The smallest absolute Gasteiger partial charge is 0.387 e. The first-order valence-corrected chi connectivity index (χ1v) is 19.3. The van der Waals surface area contributed by atoms with Crippen molar-refractivity contribution in [1.29, 1.82) is 0 Å². The second-order valence-electron chi connectivity index (χ2n) is 12.3. The highest BCUT2D eigenvalue weighted by atomic mass is 31.2. The van der Waals surface area contributed by atoms with E-state index in [4.69, 9.17) is 9.79 Å². The molecule has 0 saturated carbocycles. The fourth-order valence-corrected chi connectivity index (χ4v) is 5.64. The minimum absolute atomic E-state index is 0.306. The number of allylic oxidation sites excluding steroid dienone is 1.